The number of benzene rings is 1. The minimum Gasteiger partial charge on any atom is -0.335 e. The van der Waals surface area contributed by atoms with Gasteiger partial charge in [-0.1, -0.05) is 47.7 Å². The molecule has 0 radical (unpaired) electrons. The molecule has 140 valence electrons. The lowest BCUT2D eigenvalue weighted by Crippen LogP contribution is -2.43. The molecule has 1 heterocycles. The fourth-order valence-electron chi connectivity index (χ4n) is 2.04. The van der Waals surface area contributed by atoms with Gasteiger partial charge in [-0.3, -0.25) is 10.1 Å². The molecule has 0 fully saturated rings. The first-order valence-electron chi connectivity index (χ1n) is 8.28. The maximum atomic E-state index is 11.8. The number of nitrogens with zero attached hydrogens (tertiary/aromatic N) is 2. The zero-order valence-electron chi connectivity index (χ0n) is 15.3. The highest BCUT2D eigenvalue weighted by molar-refractivity contribution is 8.01. The van der Waals surface area contributed by atoms with Crippen LogP contribution < -0.4 is 16.0 Å². The number of hydrogen-bond donors (Lipinski definition) is 3. The first-order chi connectivity index (χ1) is 12.4. The van der Waals surface area contributed by atoms with Crippen molar-refractivity contribution in [3.63, 3.8) is 0 Å². The van der Waals surface area contributed by atoms with E-state index in [-0.39, 0.29) is 17.7 Å². The van der Waals surface area contributed by atoms with Crippen molar-refractivity contribution < 1.29 is 9.59 Å². The SMILES string of the molecule is CC[C@@H](C)NC(=O)NC(=O)CSc1nnc(Nc2ccc(C)cc2C)s1. The normalized spacial score (nSPS) is 11.7. The van der Waals surface area contributed by atoms with Gasteiger partial charge in [0.1, 0.15) is 0 Å². The third-order valence-electron chi connectivity index (χ3n) is 3.60. The van der Waals surface area contributed by atoms with Gasteiger partial charge in [-0.15, -0.1) is 10.2 Å². The van der Waals surface area contributed by atoms with Crippen molar-refractivity contribution in [1.29, 1.82) is 0 Å². The molecule has 2 rings (SSSR count). The van der Waals surface area contributed by atoms with E-state index in [1.807, 2.05) is 39.8 Å². The number of carbonyl (C=O) groups excluding carboxylic acids is 2. The molecule has 0 bridgehead atoms. The summed E-state index contributed by atoms with van der Waals surface area (Å²) < 4.78 is 0.662. The van der Waals surface area contributed by atoms with E-state index in [1.165, 1.54) is 28.7 Å². The lowest BCUT2D eigenvalue weighted by atomic mass is 10.1. The molecule has 3 amide bonds. The smallest absolute Gasteiger partial charge is 0.321 e. The average Bonchev–Trinajstić information content (AvgIpc) is 3.03. The fourth-order valence-corrected chi connectivity index (χ4v) is 3.60. The number of anilines is 2. The molecular weight excluding hydrogens is 370 g/mol. The number of rotatable bonds is 7. The van der Waals surface area contributed by atoms with Crippen molar-refractivity contribution in [3.8, 4) is 0 Å². The lowest BCUT2D eigenvalue weighted by Gasteiger charge is -2.11. The Kier molecular flexibility index (Phi) is 7.40. The Morgan fingerprint density at radius 2 is 2.04 bits per heavy atom. The minimum absolute atomic E-state index is 0.0254. The summed E-state index contributed by atoms with van der Waals surface area (Å²) in [6.07, 6.45) is 0.803. The van der Waals surface area contributed by atoms with E-state index in [1.54, 1.807) is 0 Å². The molecule has 0 saturated heterocycles. The molecule has 0 saturated carbocycles. The Hall–Kier alpha value is -2.13. The third-order valence-corrected chi connectivity index (χ3v) is 5.57. The number of nitrogens with one attached hydrogen (secondary N) is 3. The van der Waals surface area contributed by atoms with Gasteiger partial charge < -0.3 is 10.6 Å². The minimum atomic E-state index is -0.473. The van der Waals surface area contributed by atoms with Crippen LogP contribution in [-0.2, 0) is 4.79 Å². The van der Waals surface area contributed by atoms with Gasteiger partial charge in [0.25, 0.3) is 0 Å². The maximum absolute atomic E-state index is 11.8. The molecule has 1 aromatic carbocycles. The molecule has 0 aliphatic carbocycles. The van der Waals surface area contributed by atoms with Gasteiger partial charge in [0, 0.05) is 11.7 Å². The number of carbonyl (C=O) groups is 2. The molecule has 0 aliphatic rings. The van der Waals surface area contributed by atoms with E-state index in [0.29, 0.717) is 9.47 Å². The molecular formula is C17H23N5O2S2. The van der Waals surface area contributed by atoms with Crippen LogP contribution in [0.1, 0.15) is 31.4 Å². The van der Waals surface area contributed by atoms with E-state index < -0.39 is 6.03 Å². The highest BCUT2D eigenvalue weighted by Gasteiger charge is 2.12. The van der Waals surface area contributed by atoms with Crippen LogP contribution in [0.2, 0.25) is 0 Å². The molecule has 3 N–H and O–H groups in total. The summed E-state index contributed by atoms with van der Waals surface area (Å²) in [5, 5.41) is 17.0. The van der Waals surface area contributed by atoms with Gasteiger partial charge in [0.15, 0.2) is 4.34 Å². The molecule has 1 atom stereocenters. The van der Waals surface area contributed by atoms with Gasteiger partial charge >= 0.3 is 6.03 Å². The number of thioether (sulfide) groups is 1. The maximum Gasteiger partial charge on any atom is 0.321 e. The van der Waals surface area contributed by atoms with E-state index >= 15 is 0 Å². The molecule has 9 heteroatoms. The topological polar surface area (TPSA) is 96.0 Å². The van der Waals surface area contributed by atoms with Gasteiger partial charge in [0.05, 0.1) is 5.75 Å². The highest BCUT2D eigenvalue weighted by Crippen LogP contribution is 2.28. The summed E-state index contributed by atoms with van der Waals surface area (Å²) in [4.78, 5) is 23.4. The summed E-state index contributed by atoms with van der Waals surface area (Å²) in [5.41, 5.74) is 3.30. The molecule has 0 aliphatic heterocycles. The number of aromatic nitrogens is 2. The highest BCUT2D eigenvalue weighted by atomic mass is 32.2. The van der Waals surface area contributed by atoms with Crippen molar-refractivity contribution in [2.75, 3.05) is 11.1 Å². The summed E-state index contributed by atoms with van der Waals surface area (Å²) in [7, 11) is 0. The van der Waals surface area contributed by atoms with Gasteiger partial charge in [-0.05, 0) is 38.8 Å². The average molecular weight is 394 g/mol. The predicted molar refractivity (Wildman–Crippen MR) is 106 cm³/mol. The standard InChI is InChI=1S/C17H23N5O2S2/c1-5-12(4)18-15(24)20-14(23)9-25-17-22-21-16(26-17)19-13-7-6-10(2)8-11(13)3/h6-8,12H,5,9H2,1-4H3,(H,19,21)(H2,18,20,23,24)/t12-/m1/s1. The first kappa shape index (κ1) is 20.2. The van der Waals surface area contributed by atoms with Crippen molar-refractivity contribution in [2.24, 2.45) is 0 Å². The Balaban J connectivity index is 1.82. The van der Waals surface area contributed by atoms with Crippen LogP contribution in [0, 0.1) is 13.8 Å². The molecule has 2 aromatic rings. The van der Waals surface area contributed by atoms with Crippen LogP contribution >= 0.6 is 23.1 Å². The van der Waals surface area contributed by atoms with E-state index in [2.05, 4.69) is 32.2 Å². The van der Waals surface area contributed by atoms with Gasteiger partial charge in [-0.2, -0.15) is 0 Å². The van der Waals surface area contributed by atoms with E-state index in [4.69, 9.17) is 0 Å². The zero-order valence-corrected chi connectivity index (χ0v) is 16.9. The summed E-state index contributed by atoms with van der Waals surface area (Å²) in [6, 6.07) is 5.67. The van der Waals surface area contributed by atoms with Crippen molar-refractivity contribution in [2.45, 2.75) is 44.5 Å². The largest absolute Gasteiger partial charge is 0.335 e. The van der Waals surface area contributed by atoms with Crippen LogP contribution in [0.25, 0.3) is 0 Å². The third kappa shape index (κ3) is 6.30. The van der Waals surface area contributed by atoms with Crippen LogP contribution in [0.3, 0.4) is 0 Å². The molecule has 1 aromatic heterocycles. The number of amides is 3. The van der Waals surface area contributed by atoms with Gasteiger partial charge in [-0.25, -0.2) is 4.79 Å². The van der Waals surface area contributed by atoms with E-state index in [0.717, 1.165) is 17.7 Å². The number of hydrogen-bond acceptors (Lipinski definition) is 7. The van der Waals surface area contributed by atoms with Crippen LogP contribution in [-0.4, -0.2) is 33.9 Å². The summed E-state index contributed by atoms with van der Waals surface area (Å²) in [5.74, 6) is -0.263. The molecule has 26 heavy (non-hydrogen) atoms. The number of urea groups is 1. The van der Waals surface area contributed by atoms with Crippen LogP contribution in [0.15, 0.2) is 22.5 Å². The fraction of sp³-hybridized carbons (Fsp3) is 0.412. The van der Waals surface area contributed by atoms with Crippen molar-refractivity contribution in [1.82, 2.24) is 20.8 Å². The predicted octanol–water partition coefficient (Wildman–Crippen LogP) is 3.61. The van der Waals surface area contributed by atoms with Crippen LogP contribution in [0.4, 0.5) is 15.6 Å². The second-order valence-electron chi connectivity index (χ2n) is 5.94. The Labute approximate surface area is 161 Å². The molecule has 7 nitrogen and oxygen atoms in total. The van der Waals surface area contributed by atoms with Crippen molar-refractivity contribution >= 4 is 45.9 Å². The summed E-state index contributed by atoms with van der Waals surface area (Å²) >= 11 is 2.61. The molecule has 0 unspecified atom stereocenters. The lowest BCUT2D eigenvalue weighted by molar-refractivity contribution is -0.117. The van der Waals surface area contributed by atoms with Crippen molar-refractivity contribution in [3.05, 3.63) is 29.3 Å². The first-order valence-corrected chi connectivity index (χ1v) is 10.1. The zero-order chi connectivity index (χ0) is 19.1. The monoisotopic (exact) mass is 393 g/mol. The van der Waals surface area contributed by atoms with E-state index in [9.17, 15) is 9.59 Å². The Bertz CT molecular complexity index is 778. The summed E-state index contributed by atoms with van der Waals surface area (Å²) in [6.45, 7) is 7.91. The Morgan fingerprint density at radius 1 is 1.27 bits per heavy atom. The molecule has 0 spiro atoms. The van der Waals surface area contributed by atoms with Crippen LogP contribution in [0.5, 0.6) is 0 Å². The Morgan fingerprint density at radius 3 is 2.73 bits per heavy atom. The van der Waals surface area contributed by atoms with Gasteiger partial charge in [0.2, 0.25) is 11.0 Å². The quantitative estimate of drug-likeness (QED) is 0.622. The second kappa shape index (κ2) is 9.54. The second-order valence-corrected chi connectivity index (χ2v) is 8.14. The number of aryl methyl sites for hydroxylation is 2. The number of imide groups is 1.